The van der Waals surface area contributed by atoms with Crippen molar-refractivity contribution >= 4 is 16.5 Å². The van der Waals surface area contributed by atoms with Crippen LogP contribution in [0.5, 0.6) is 0 Å². The number of rotatable bonds is 8. The minimum atomic E-state index is 0.513. The highest BCUT2D eigenvalue weighted by molar-refractivity contribution is 7.15. The van der Waals surface area contributed by atoms with Gasteiger partial charge in [0.1, 0.15) is 0 Å². The molecular formula is C14H27N3S. The standard InChI is InChI=1S/C14H27N3S/c1-5-8-17(9-6-2)14-16-13(11(4)7-3)12(10-15)18-14/h11H,5-10,15H2,1-4H3. The Balaban J connectivity index is 2.97. The van der Waals surface area contributed by atoms with E-state index in [1.807, 2.05) is 0 Å². The van der Waals surface area contributed by atoms with E-state index in [0.717, 1.165) is 37.5 Å². The molecule has 0 saturated carbocycles. The highest BCUT2D eigenvalue weighted by Gasteiger charge is 2.17. The molecule has 18 heavy (non-hydrogen) atoms. The summed E-state index contributed by atoms with van der Waals surface area (Å²) in [5.74, 6) is 0.513. The van der Waals surface area contributed by atoms with Crippen LogP contribution in [0, 0.1) is 0 Å². The zero-order chi connectivity index (χ0) is 13.5. The Morgan fingerprint density at radius 3 is 2.28 bits per heavy atom. The maximum atomic E-state index is 5.86. The summed E-state index contributed by atoms with van der Waals surface area (Å²) < 4.78 is 0. The molecule has 3 nitrogen and oxygen atoms in total. The van der Waals surface area contributed by atoms with E-state index >= 15 is 0 Å². The lowest BCUT2D eigenvalue weighted by Gasteiger charge is -2.20. The molecule has 0 aliphatic rings. The first kappa shape index (κ1) is 15.4. The summed E-state index contributed by atoms with van der Waals surface area (Å²) in [4.78, 5) is 8.51. The maximum absolute atomic E-state index is 5.86. The lowest BCUT2D eigenvalue weighted by Crippen LogP contribution is -2.24. The monoisotopic (exact) mass is 269 g/mol. The summed E-state index contributed by atoms with van der Waals surface area (Å²) >= 11 is 1.78. The Labute approximate surface area is 115 Å². The largest absolute Gasteiger partial charge is 0.348 e. The van der Waals surface area contributed by atoms with Crippen molar-refractivity contribution in [1.82, 2.24) is 4.98 Å². The SMILES string of the molecule is CCCN(CCC)c1nc(C(C)CC)c(CN)s1. The van der Waals surface area contributed by atoms with Crippen LogP contribution in [0.25, 0.3) is 0 Å². The molecule has 0 saturated heterocycles. The van der Waals surface area contributed by atoms with Crippen LogP contribution in [0.3, 0.4) is 0 Å². The summed E-state index contributed by atoms with van der Waals surface area (Å²) in [5.41, 5.74) is 7.08. The van der Waals surface area contributed by atoms with Gasteiger partial charge in [0.05, 0.1) is 5.69 Å². The lowest BCUT2D eigenvalue weighted by atomic mass is 10.0. The minimum Gasteiger partial charge on any atom is -0.348 e. The molecule has 1 aromatic heterocycles. The number of nitrogens with zero attached hydrogens (tertiary/aromatic N) is 2. The zero-order valence-electron chi connectivity index (χ0n) is 12.2. The second kappa shape index (κ2) is 7.74. The third-order valence-corrected chi connectivity index (χ3v) is 4.39. The van der Waals surface area contributed by atoms with Gasteiger partial charge in [-0.05, 0) is 25.2 Å². The van der Waals surface area contributed by atoms with Gasteiger partial charge in [-0.3, -0.25) is 0 Å². The molecule has 0 fully saturated rings. The summed E-state index contributed by atoms with van der Waals surface area (Å²) in [5, 5.41) is 1.16. The van der Waals surface area contributed by atoms with Crippen molar-refractivity contribution in [3.05, 3.63) is 10.6 Å². The first-order chi connectivity index (χ1) is 8.67. The number of thiazole rings is 1. The van der Waals surface area contributed by atoms with Crippen molar-refractivity contribution in [2.75, 3.05) is 18.0 Å². The third kappa shape index (κ3) is 3.69. The van der Waals surface area contributed by atoms with Crippen LogP contribution in [0.1, 0.15) is 63.4 Å². The van der Waals surface area contributed by atoms with Crippen molar-refractivity contribution < 1.29 is 0 Å². The number of anilines is 1. The zero-order valence-corrected chi connectivity index (χ0v) is 13.0. The highest BCUT2D eigenvalue weighted by atomic mass is 32.1. The predicted octanol–water partition coefficient (Wildman–Crippen LogP) is 3.74. The van der Waals surface area contributed by atoms with Gasteiger partial charge in [0.2, 0.25) is 0 Å². The fraction of sp³-hybridized carbons (Fsp3) is 0.786. The molecule has 1 rings (SSSR count). The molecule has 1 heterocycles. The lowest BCUT2D eigenvalue weighted by molar-refractivity contribution is 0.695. The Morgan fingerprint density at radius 2 is 1.83 bits per heavy atom. The quantitative estimate of drug-likeness (QED) is 0.781. The predicted molar refractivity (Wildman–Crippen MR) is 81.5 cm³/mol. The Hall–Kier alpha value is -0.610. The van der Waals surface area contributed by atoms with Gasteiger partial charge < -0.3 is 10.6 Å². The molecule has 0 bridgehead atoms. The maximum Gasteiger partial charge on any atom is 0.185 e. The Morgan fingerprint density at radius 1 is 1.22 bits per heavy atom. The summed E-state index contributed by atoms with van der Waals surface area (Å²) in [6.45, 7) is 11.7. The smallest absolute Gasteiger partial charge is 0.185 e. The van der Waals surface area contributed by atoms with E-state index in [0.29, 0.717) is 12.5 Å². The molecule has 0 aromatic carbocycles. The van der Waals surface area contributed by atoms with Crippen molar-refractivity contribution in [2.24, 2.45) is 5.73 Å². The molecule has 0 aliphatic heterocycles. The van der Waals surface area contributed by atoms with E-state index in [2.05, 4.69) is 32.6 Å². The molecule has 104 valence electrons. The van der Waals surface area contributed by atoms with E-state index in [9.17, 15) is 0 Å². The summed E-state index contributed by atoms with van der Waals surface area (Å²) in [7, 11) is 0. The number of aromatic nitrogens is 1. The molecule has 4 heteroatoms. The van der Waals surface area contributed by atoms with Crippen molar-refractivity contribution in [2.45, 2.75) is 59.4 Å². The number of hydrogen-bond acceptors (Lipinski definition) is 4. The van der Waals surface area contributed by atoms with Crippen molar-refractivity contribution in [3.63, 3.8) is 0 Å². The molecule has 0 aliphatic carbocycles. The van der Waals surface area contributed by atoms with Gasteiger partial charge in [0.15, 0.2) is 5.13 Å². The van der Waals surface area contributed by atoms with Gasteiger partial charge in [0, 0.05) is 24.5 Å². The van der Waals surface area contributed by atoms with Crippen LogP contribution in [-0.2, 0) is 6.54 Å². The highest BCUT2D eigenvalue weighted by Crippen LogP contribution is 2.32. The molecule has 0 spiro atoms. The molecule has 0 amide bonds. The molecule has 0 radical (unpaired) electrons. The molecule has 1 aromatic rings. The van der Waals surface area contributed by atoms with E-state index in [4.69, 9.17) is 10.7 Å². The molecule has 1 atom stereocenters. The van der Waals surface area contributed by atoms with Crippen LogP contribution in [0.2, 0.25) is 0 Å². The first-order valence-electron chi connectivity index (χ1n) is 7.12. The topological polar surface area (TPSA) is 42.2 Å². The van der Waals surface area contributed by atoms with Gasteiger partial charge >= 0.3 is 0 Å². The summed E-state index contributed by atoms with van der Waals surface area (Å²) in [6.07, 6.45) is 3.45. The fourth-order valence-corrected chi connectivity index (χ4v) is 3.16. The molecule has 1 unspecified atom stereocenters. The minimum absolute atomic E-state index is 0.513. The van der Waals surface area contributed by atoms with Gasteiger partial charge in [0.25, 0.3) is 0 Å². The third-order valence-electron chi connectivity index (χ3n) is 3.24. The summed E-state index contributed by atoms with van der Waals surface area (Å²) in [6, 6.07) is 0. The first-order valence-corrected chi connectivity index (χ1v) is 7.94. The second-order valence-electron chi connectivity index (χ2n) is 4.81. The number of nitrogens with two attached hydrogens (primary N) is 1. The van der Waals surface area contributed by atoms with Crippen molar-refractivity contribution in [3.8, 4) is 0 Å². The van der Waals surface area contributed by atoms with Gasteiger partial charge in [-0.2, -0.15) is 0 Å². The number of hydrogen-bond donors (Lipinski definition) is 1. The van der Waals surface area contributed by atoms with E-state index in [1.54, 1.807) is 11.3 Å². The average molecular weight is 269 g/mol. The average Bonchev–Trinajstić information content (AvgIpc) is 2.81. The van der Waals surface area contributed by atoms with E-state index in [-0.39, 0.29) is 0 Å². The Kier molecular flexibility index (Phi) is 6.65. The van der Waals surface area contributed by atoms with Crippen LogP contribution in [-0.4, -0.2) is 18.1 Å². The van der Waals surface area contributed by atoms with Crippen LogP contribution >= 0.6 is 11.3 Å². The van der Waals surface area contributed by atoms with E-state index in [1.165, 1.54) is 10.6 Å². The molecular weight excluding hydrogens is 242 g/mol. The van der Waals surface area contributed by atoms with Crippen molar-refractivity contribution in [1.29, 1.82) is 0 Å². The van der Waals surface area contributed by atoms with Crippen LogP contribution in [0.15, 0.2) is 0 Å². The normalized spacial score (nSPS) is 12.7. The Bertz CT molecular complexity index is 343. The van der Waals surface area contributed by atoms with Crippen LogP contribution in [0.4, 0.5) is 5.13 Å². The van der Waals surface area contributed by atoms with Gasteiger partial charge in [-0.1, -0.05) is 27.7 Å². The van der Waals surface area contributed by atoms with Crippen LogP contribution < -0.4 is 10.6 Å². The van der Waals surface area contributed by atoms with Gasteiger partial charge in [-0.25, -0.2) is 4.98 Å². The second-order valence-corrected chi connectivity index (χ2v) is 5.87. The fourth-order valence-electron chi connectivity index (χ4n) is 2.05. The van der Waals surface area contributed by atoms with E-state index < -0.39 is 0 Å². The molecule has 2 N–H and O–H groups in total. The van der Waals surface area contributed by atoms with Gasteiger partial charge in [-0.15, -0.1) is 11.3 Å².